The van der Waals surface area contributed by atoms with E-state index in [1.807, 2.05) is 0 Å². The smallest absolute Gasteiger partial charge is 0.294 e. The van der Waals surface area contributed by atoms with Gasteiger partial charge in [-0.05, 0) is 48.0 Å². The number of pyridine rings is 1. The van der Waals surface area contributed by atoms with Gasteiger partial charge in [-0.1, -0.05) is 23.7 Å². The molecular formula is C25H16ClFN2O5. The van der Waals surface area contributed by atoms with E-state index in [1.54, 1.807) is 30.3 Å². The number of nitrogens with zero attached hydrogens (tertiary/aromatic N) is 2. The number of fused-ring (bicyclic) bond motifs is 1. The lowest BCUT2D eigenvalue weighted by Crippen LogP contribution is -2.31. The molecule has 0 saturated heterocycles. The summed E-state index contributed by atoms with van der Waals surface area (Å²) >= 11 is 5.95. The van der Waals surface area contributed by atoms with E-state index < -0.39 is 29.3 Å². The van der Waals surface area contributed by atoms with Crippen LogP contribution in [-0.2, 0) is 4.79 Å². The first-order valence-corrected chi connectivity index (χ1v) is 10.5. The second kappa shape index (κ2) is 8.31. The number of hydrogen-bond donors (Lipinski definition) is 1. The molecule has 34 heavy (non-hydrogen) atoms. The zero-order valence-electron chi connectivity index (χ0n) is 17.7. The van der Waals surface area contributed by atoms with Crippen molar-refractivity contribution in [1.82, 2.24) is 4.98 Å². The van der Waals surface area contributed by atoms with Crippen LogP contribution in [0.5, 0.6) is 5.75 Å². The van der Waals surface area contributed by atoms with Crippen molar-refractivity contribution in [3.8, 4) is 5.75 Å². The summed E-state index contributed by atoms with van der Waals surface area (Å²) in [5.74, 6) is -2.55. The molecule has 0 spiro atoms. The molecule has 1 aliphatic rings. The SMILES string of the molecule is COc1cccc2cc(C(=O)C3=C(O)C(=O)N(c4ccc(F)c(Cl)c4)C3c3ccncc3)oc12. The Hall–Kier alpha value is -4.17. The predicted molar refractivity (Wildman–Crippen MR) is 123 cm³/mol. The van der Waals surface area contributed by atoms with Crippen LogP contribution in [0, 0.1) is 5.82 Å². The molecule has 5 rings (SSSR count). The number of anilines is 1. The number of amides is 1. The predicted octanol–water partition coefficient (Wildman–Crippen LogP) is 5.41. The quantitative estimate of drug-likeness (QED) is 0.385. The first kappa shape index (κ1) is 21.7. The molecule has 0 radical (unpaired) electrons. The molecule has 1 atom stereocenters. The Morgan fingerprint density at radius 2 is 1.94 bits per heavy atom. The van der Waals surface area contributed by atoms with Gasteiger partial charge in [0.2, 0.25) is 5.78 Å². The number of ether oxygens (including phenoxy) is 1. The molecule has 4 aromatic rings. The van der Waals surface area contributed by atoms with Gasteiger partial charge in [0.15, 0.2) is 22.9 Å². The van der Waals surface area contributed by atoms with Crippen molar-refractivity contribution in [2.24, 2.45) is 0 Å². The van der Waals surface area contributed by atoms with Crippen LogP contribution in [0.1, 0.15) is 22.2 Å². The van der Waals surface area contributed by atoms with Gasteiger partial charge in [-0.3, -0.25) is 19.5 Å². The lowest BCUT2D eigenvalue weighted by atomic mass is 9.95. The average Bonchev–Trinajstić information content (AvgIpc) is 3.40. The lowest BCUT2D eigenvalue weighted by molar-refractivity contribution is -0.117. The highest BCUT2D eigenvalue weighted by atomic mass is 35.5. The number of hydrogen-bond acceptors (Lipinski definition) is 6. The molecule has 9 heteroatoms. The van der Waals surface area contributed by atoms with Gasteiger partial charge >= 0.3 is 0 Å². The fourth-order valence-electron chi connectivity index (χ4n) is 4.04. The Labute approximate surface area is 197 Å². The molecule has 0 bridgehead atoms. The van der Waals surface area contributed by atoms with Crippen LogP contribution < -0.4 is 9.64 Å². The normalized spacial score (nSPS) is 15.9. The summed E-state index contributed by atoms with van der Waals surface area (Å²) in [5, 5.41) is 11.2. The lowest BCUT2D eigenvalue weighted by Gasteiger charge is -2.26. The first-order chi connectivity index (χ1) is 16.4. The van der Waals surface area contributed by atoms with Crippen molar-refractivity contribution < 1.29 is 28.2 Å². The molecule has 7 nitrogen and oxygen atoms in total. The fourth-order valence-corrected chi connectivity index (χ4v) is 4.22. The van der Waals surface area contributed by atoms with Gasteiger partial charge in [-0.15, -0.1) is 0 Å². The van der Waals surface area contributed by atoms with E-state index in [-0.39, 0.29) is 22.0 Å². The van der Waals surface area contributed by atoms with Crippen LogP contribution in [0.4, 0.5) is 10.1 Å². The van der Waals surface area contributed by atoms with Gasteiger partial charge in [0.05, 0.1) is 23.7 Å². The summed E-state index contributed by atoms with van der Waals surface area (Å²) in [7, 11) is 1.48. The highest BCUT2D eigenvalue weighted by molar-refractivity contribution is 6.31. The number of methoxy groups -OCH3 is 1. The van der Waals surface area contributed by atoms with Crippen molar-refractivity contribution in [2.75, 3.05) is 12.0 Å². The van der Waals surface area contributed by atoms with Gasteiger partial charge in [0.25, 0.3) is 5.91 Å². The van der Waals surface area contributed by atoms with E-state index in [0.717, 1.165) is 6.07 Å². The minimum absolute atomic E-state index is 0.0769. The molecule has 2 aromatic heterocycles. The van der Waals surface area contributed by atoms with Crippen LogP contribution >= 0.6 is 11.6 Å². The average molecular weight is 479 g/mol. The highest BCUT2D eigenvalue weighted by Gasteiger charge is 2.45. The largest absolute Gasteiger partial charge is 0.503 e. The zero-order chi connectivity index (χ0) is 24.0. The first-order valence-electron chi connectivity index (χ1n) is 10.1. The van der Waals surface area contributed by atoms with Crippen molar-refractivity contribution in [1.29, 1.82) is 0 Å². The van der Waals surface area contributed by atoms with Crippen LogP contribution in [0.15, 0.2) is 82.7 Å². The molecule has 1 unspecified atom stereocenters. The third-order valence-corrected chi connectivity index (χ3v) is 5.90. The van der Waals surface area contributed by atoms with Crippen LogP contribution in [0.25, 0.3) is 11.0 Å². The Balaban J connectivity index is 1.66. The second-order valence-electron chi connectivity index (χ2n) is 7.54. The fraction of sp³-hybridized carbons (Fsp3) is 0.0800. The van der Waals surface area contributed by atoms with E-state index in [4.69, 9.17) is 20.8 Å². The number of Topliss-reactive ketones (excluding diaryl/α,β-unsaturated/α-hetero) is 1. The number of carbonyl (C=O) groups excluding carboxylic acids is 2. The molecule has 3 heterocycles. The van der Waals surface area contributed by atoms with E-state index >= 15 is 0 Å². The van der Waals surface area contributed by atoms with Gasteiger partial charge < -0.3 is 14.3 Å². The topological polar surface area (TPSA) is 92.9 Å². The molecule has 170 valence electrons. The minimum Gasteiger partial charge on any atom is -0.503 e. The zero-order valence-corrected chi connectivity index (χ0v) is 18.4. The Kier molecular flexibility index (Phi) is 5.30. The van der Waals surface area contributed by atoms with Crippen molar-refractivity contribution >= 4 is 39.9 Å². The molecule has 1 N–H and O–H groups in total. The maximum atomic E-state index is 13.8. The number of carbonyl (C=O) groups is 2. The third kappa shape index (κ3) is 3.39. The third-order valence-electron chi connectivity index (χ3n) is 5.61. The van der Waals surface area contributed by atoms with E-state index in [1.165, 1.54) is 42.6 Å². The second-order valence-corrected chi connectivity index (χ2v) is 7.94. The molecule has 0 aliphatic carbocycles. The van der Waals surface area contributed by atoms with Gasteiger partial charge in [0, 0.05) is 23.5 Å². The van der Waals surface area contributed by atoms with E-state index in [2.05, 4.69) is 4.98 Å². The Morgan fingerprint density at radius 1 is 1.18 bits per heavy atom. The molecule has 2 aromatic carbocycles. The van der Waals surface area contributed by atoms with Crippen molar-refractivity contribution in [3.05, 3.63) is 100 Å². The number of ketones is 1. The van der Waals surface area contributed by atoms with E-state index in [0.29, 0.717) is 22.3 Å². The van der Waals surface area contributed by atoms with Gasteiger partial charge in [-0.25, -0.2) is 4.39 Å². The standard InChI is InChI=1S/C25H16ClFN2O5/c1-33-18-4-2-3-14-11-19(34-24(14)18)22(30)20-21(13-7-9-28-10-8-13)29(25(32)23(20)31)15-5-6-17(27)16(26)12-15/h2-12,21,31H,1H3. The molecule has 1 aliphatic heterocycles. The summed E-state index contributed by atoms with van der Waals surface area (Å²) in [6.45, 7) is 0. The number of rotatable bonds is 5. The highest BCUT2D eigenvalue weighted by Crippen LogP contribution is 2.43. The minimum atomic E-state index is -1.03. The molecule has 0 fully saturated rings. The maximum absolute atomic E-state index is 13.8. The Morgan fingerprint density at radius 3 is 2.65 bits per heavy atom. The monoisotopic (exact) mass is 478 g/mol. The van der Waals surface area contributed by atoms with Crippen LogP contribution in [-0.4, -0.2) is 28.9 Å². The van der Waals surface area contributed by atoms with Gasteiger partial charge in [0.1, 0.15) is 5.82 Å². The number of benzene rings is 2. The summed E-state index contributed by atoms with van der Waals surface area (Å²) in [6, 6.07) is 12.6. The van der Waals surface area contributed by atoms with Crippen molar-refractivity contribution in [3.63, 3.8) is 0 Å². The summed E-state index contributed by atoms with van der Waals surface area (Å²) in [4.78, 5) is 32.0. The number of aliphatic hydroxyl groups excluding tert-OH is 1. The molecule has 0 saturated carbocycles. The summed E-state index contributed by atoms with van der Waals surface area (Å²) in [6.07, 6.45) is 3.00. The number of halogens is 2. The Bertz CT molecular complexity index is 1480. The van der Waals surface area contributed by atoms with Crippen LogP contribution in [0.3, 0.4) is 0 Å². The summed E-state index contributed by atoms with van der Waals surface area (Å²) in [5.41, 5.74) is 0.888. The number of aromatic nitrogens is 1. The molecule has 1 amide bonds. The maximum Gasteiger partial charge on any atom is 0.294 e. The van der Waals surface area contributed by atoms with Gasteiger partial charge in [-0.2, -0.15) is 0 Å². The number of furan rings is 1. The summed E-state index contributed by atoms with van der Waals surface area (Å²) < 4.78 is 24.9. The van der Waals surface area contributed by atoms with Crippen molar-refractivity contribution in [2.45, 2.75) is 6.04 Å². The van der Waals surface area contributed by atoms with E-state index in [9.17, 15) is 19.1 Å². The number of aliphatic hydroxyl groups is 1. The number of para-hydroxylation sites is 1. The van der Waals surface area contributed by atoms with Crippen LogP contribution in [0.2, 0.25) is 5.02 Å². The molecular weight excluding hydrogens is 463 g/mol.